The SMILES string of the molecule is O=C(O)COCc1nc2cccnc2n1C1CC1. The molecular weight excluding hydrogens is 234 g/mol. The Morgan fingerprint density at radius 2 is 2.39 bits per heavy atom. The number of carboxylic acid groups (broad SMARTS) is 1. The highest BCUT2D eigenvalue weighted by atomic mass is 16.5. The second kappa shape index (κ2) is 4.38. The molecule has 6 heteroatoms. The van der Waals surface area contributed by atoms with Gasteiger partial charge in [-0.25, -0.2) is 14.8 Å². The van der Waals surface area contributed by atoms with Gasteiger partial charge >= 0.3 is 5.97 Å². The van der Waals surface area contributed by atoms with E-state index in [1.165, 1.54) is 0 Å². The summed E-state index contributed by atoms with van der Waals surface area (Å²) in [6.45, 7) is -0.0968. The minimum absolute atomic E-state index is 0.207. The van der Waals surface area contributed by atoms with Crippen molar-refractivity contribution in [2.75, 3.05) is 6.61 Å². The molecule has 0 saturated heterocycles. The zero-order valence-corrected chi connectivity index (χ0v) is 9.74. The maximum absolute atomic E-state index is 10.4. The Kier molecular flexibility index (Phi) is 2.71. The van der Waals surface area contributed by atoms with Gasteiger partial charge in [-0.3, -0.25) is 0 Å². The molecule has 1 saturated carbocycles. The predicted molar refractivity (Wildman–Crippen MR) is 63.1 cm³/mol. The summed E-state index contributed by atoms with van der Waals surface area (Å²) in [6.07, 6.45) is 3.98. The number of ether oxygens (including phenoxy) is 1. The molecule has 2 aromatic rings. The molecule has 1 fully saturated rings. The number of fused-ring (bicyclic) bond motifs is 1. The minimum Gasteiger partial charge on any atom is -0.480 e. The van der Waals surface area contributed by atoms with Crippen molar-refractivity contribution in [3.05, 3.63) is 24.2 Å². The maximum Gasteiger partial charge on any atom is 0.329 e. The first-order chi connectivity index (χ1) is 8.75. The Hall–Kier alpha value is -1.95. The zero-order valence-electron chi connectivity index (χ0n) is 9.74. The molecular formula is C12H13N3O3. The van der Waals surface area contributed by atoms with Gasteiger partial charge in [-0.2, -0.15) is 0 Å². The molecule has 18 heavy (non-hydrogen) atoms. The highest BCUT2D eigenvalue weighted by Gasteiger charge is 2.28. The van der Waals surface area contributed by atoms with E-state index in [-0.39, 0.29) is 13.2 Å². The fourth-order valence-electron chi connectivity index (χ4n) is 2.02. The number of carbonyl (C=O) groups is 1. The lowest BCUT2D eigenvalue weighted by molar-refractivity contribution is -0.142. The number of carboxylic acids is 1. The van der Waals surface area contributed by atoms with E-state index >= 15 is 0 Å². The number of rotatable bonds is 5. The molecule has 0 bridgehead atoms. The number of pyridine rings is 1. The Morgan fingerprint density at radius 1 is 1.56 bits per heavy atom. The summed E-state index contributed by atoms with van der Waals surface area (Å²) in [5, 5.41) is 8.56. The van der Waals surface area contributed by atoms with Crippen molar-refractivity contribution in [3.8, 4) is 0 Å². The van der Waals surface area contributed by atoms with Crippen LogP contribution in [0.4, 0.5) is 0 Å². The highest BCUT2D eigenvalue weighted by Crippen LogP contribution is 2.38. The largest absolute Gasteiger partial charge is 0.480 e. The minimum atomic E-state index is -0.970. The Balaban J connectivity index is 1.90. The van der Waals surface area contributed by atoms with Crippen LogP contribution in [0.15, 0.2) is 18.3 Å². The van der Waals surface area contributed by atoms with Crippen molar-refractivity contribution in [2.24, 2.45) is 0 Å². The van der Waals surface area contributed by atoms with Crippen LogP contribution >= 0.6 is 0 Å². The molecule has 3 rings (SSSR count). The number of aromatic nitrogens is 3. The van der Waals surface area contributed by atoms with Crippen LogP contribution in [0.1, 0.15) is 24.7 Å². The van der Waals surface area contributed by atoms with Gasteiger partial charge in [0.15, 0.2) is 5.65 Å². The predicted octanol–water partition coefficient (Wildman–Crippen LogP) is 1.37. The second-order valence-electron chi connectivity index (χ2n) is 4.36. The maximum atomic E-state index is 10.4. The van der Waals surface area contributed by atoms with Crippen LogP contribution in [0.2, 0.25) is 0 Å². The van der Waals surface area contributed by atoms with Crippen molar-refractivity contribution in [1.29, 1.82) is 0 Å². The average molecular weight is 247 g/mol. The number of nitrogens with zero attached hydrogens (tertiary/aromatic N) is 3. The first kappa shape index (κ1) is 11.2. The molecule has 94 valence electrons. The van der Waals surface area contributed by atoms with Crippen LogP contribution in [0, 0.1) is 0 Å². The van der Waals surface area contributed by atoms with Gasteiger partial charge in [0.1, 0.15) is 24.6 Å². The van der Waals surface area contributed by atoms with E-state index in [4.69, 9.17) is 9.84 Å². The molecule has 6 nitrogen and oxygen atoms in total. The number of hydrogen-bond donors (Lipinski definition) is 1. The molecule has 0 spiro atoms. The molecule has 1 N–H and O–H groups in total. The molecule has 2 heterocycles. The topological polar surface area (TPSA) is 77.2 Å². The molecule has 0 aliphatic heterocycles. The van der Waals surface area contributed by atoms with Gasteiger partial charge in [0, 0.05) is 12.2 Å². The van der Waals surface area contributed by atoms with Crippen LogP contribution in [0.25, 0.3) is 11.2 Å². The van der Waals surface area contributed by atoms with Gasteiger partial charge in [-0.15, -0.1) is 0 Å². The first-order valence-electron chi connectivity index (χ1n) is 5.87. The Morgan fingerprint density at radius 3 is 3.11 bits per heavy atom. The van der Waals surface area contributed by atoms with Gasteiger partial charge in [-0.1, -0.05) is 0 Å². The zero-order chi connectivity index (χ0) is 12.5. The lowest BCUT2D eigenvalue weighted by Crippen LogP contribution is -2.10. The molecule has 0 amide bonds. The third-order valence-corrected chi connectivity index (χ3v) is 2.89. The van der Waals surface area contributed by atoms with E-state index in [1.54, 1.807) is 6.20 Å². The fourth-order valence-corrected chi connectivity index (χ4v) is 2.02. The second-order valence-corrected chi connectivity index (χ2v) is 4.36. The van der Waals surface area contributed by atoms with E-state index in [9.17, 15) is 4.79 Å². The van der Waals surface area contributed by atoms with Gasteiger partial charge in [0.25, 0.3) is 0 Å². The van der Waals surface area contributed by atoms with Crippen molar-refractivity contribution < 1.29 is 14.6 Å². The van der Waals surface area contributed by atoms with Crippen molar-refractivity contribution in [2.45, 2.75) is 25.5 Å². The van der Waals surface area contributed by atoms with Gasteiger partial charge in [0.2, 0.25) is 0 Å². The monoisotopic (exact) mass is 247 g/mol. The summed E-state index contributed by atoms with van der Waals surface area (Å²) in [5.74, 6) is -0.213. The summed E-state index contributed by atoms with van der Waals surface area (Å²) in [4.78, 5) is 19.2. The standard InChI is InChI=1S/C12H13N3O3/c16-11(17)7-18-6-10-14-9-2-1-5-13-12(9)15(10)8-3-4-8/h1-2,5,8H,3-4,6-7H2,(H,16,17). The summed E-state index contributed by atoms with van der Waals surface area (Å²) >= 11 is 0. The van der Waals surface area contributed by atoms with Gasteiger partial charge in [-0.05, 0) is 25.0 Å². The Labute approximate surface area is 103 Å². The quantitative estimate of drug-likeness (QED) is 0.863. The van der Waals surface area contributed by atoms with Crippen molar-refractivity contribution in [1.82, 2.24) is 14.5 Å². The highest BCUT2D eigenvalue weighted by molar-refractivity contribution is 5.71. The lowest BCUT2D eigenvalue weighted by atomic mass is 10.4. The van der Waals surface area contributed by atoms with Crippen LogP contribution in [-0.2, 0) is 16.1 Å². The van der Waals surface area contributed by atoms with E-state index in [0.717, 1.165) is 29.8 Å². The van der Waals surface area contributed by atoms with Crippen molar-refractivity contribution in [3.63, 3.8) is 0 Å². The number of aliphatic carboxylic acids is 1. The van der Waals surface area contributed by atoms with E-state index in [2.05, 4.69) is 14.5 Å². The van der Waals surface area contributed by atoms with Crippen LogP contribution in [0.5, 0.6) is 0 Å². The summed E-state index contributed by atoms with van der Waals surface area (Å²) < 4.78 is 7.19. The molecule has 0 aromatic carbocycles. The summed E-state index contributed by atoms with van der Waals surface area (Å²) in [5.41, 5.74) is 1.69. The van der Waals surface area contributed by atoms with Gasteiger partial charge in [0.05, 0.1) is 0 Å². The van der Waals surface area contributed by atoms with E-state index in [1.807, 2.05) is 12.1 Å². The molecule has 0 radical (unpaired) electrons. The third kappa shape index (κ3) is 2.06. The lowest BCUT2D eigenvalue weighted by Gasteiger charge is -2.06. The molecule has 2 aromatic heterocycles. The molecule has 1 aliphatic rings. The van der Waals surface area contributed by atoms with Crippen LogP contribution in [0.3, 0.4) is 0 Å². The number of hydrogen-bond acceptors (Lipinski definition) is 4. The third-order valence-electron chi connectivity index (χ3n) is 2.89. The number of imidazole rings is 1. The van der Waals surface area contributed by atoms with E-state index < -0.39 is 5.97 Å². The Bertz CT molecular complexity index is 589. The summed E-state index contributed by atoms with van der Waals surface area (Å²) in [6, 6.07) is 4.18. The van der Waals surface area contributed by atoms with E-state index in [0.29, 0.717) is 6.04 Å². The summed E-state index contributed by atoms with van der Waals surface area (Å²) in [7, 11) is 0. The molecule has 0 unspecified atom stereocenters. The fraction of sp³-hybridized carbons (Fsp3) is 0.417. The van der Waals surface area contributed by atoms with Crippen LogP contribution < -0.4 is 0 Å². The molecule has 1 aliphatic carbocycles. The first-order valence-corrected chi connectivity index (χ1v) is 5.87. The van der Waals surface area contributed by atoms with Crippen molar-refractivity contribution >= 4 is 17.1 Å². The van der Waals surface area contributed by atoms with Gasteiger partial charge < -0.3 is 14.4 Å². The normalized spacial score (nSPS) is 15.1. The average Bonchev–Trinajstić information content (AvgIpc) is 3.10. The molecule has 0 atom stereocenters. The smallest absolute Gasteiger partial charge is 0.329 e. The van der Waals surface area contributed by atoms with Crippen LogP contribution in [-0.4, -0.2) is 32.2 Å².